The lowest BCUT2D eigenvalue weighted by atomic mass is 9.82. The Hall–Kier alpha value is -2.27. The zero-order valence-electron chi connectivity index (χ0n) is 14.0. The summed E-state index contributed by atoms with van der Waals surface area (Å²) >= 11 is 5.95. The smallest absolute Gasteiger partial charge is 0.338 e. The van der Waals surface area contributed by atoms with E-state index in [1.807, 2.05) is 0 Å². The molecule has 0 bridgehead atoms. The maximum Gasteiger partial charge on any atom is 0.338 e. The molecule has 1 heterocycles. The summed E-state index contributed by atoms with van der Waals surface area (Å²) in [6, 6.07) is 6.94. The molecule has 0 amide bonds. The first-order chi connectivity index (χ1) is 11.4. The van der Waals surface area contributed by atoms with Gasteiger partial charge in [0.1, 0.15) is 11.5 Å². The molecule has 0 radical (unpaired) electrons. The minimum atomic E-state index is -0.637. The molecule has 0 saturated heterocycles. The quantitative estimate of drug-likeness (QED) is 0.774. The standard InChI is InChI=1S/C18H19ClO5/c1-5-23-18(21)15-11(3)24-10(2)14(17(20)22-4)16(15)12-6-8-13(19)9-7-12/h6-9,16H,5H2,1-4H3. The summed E-state index contributed by atoms with van der Waals surface area (Å²) in [5.74, 6) is -0.918. The van der Waals surface area contributed by atoms with E-state index in [0.29, 0.717) is 16.5 Å². The topological polar surface area (TPSA) is 61.8 Å². The number of carbonyl (C=O) groups is 2. The molecule has 1 atom stereocenters. The average Bonchev–Trinajstić information content (AvgIpc) is 2.54. The third-order valence-corrected chi connectivity index (χ3v) is 4.00. The number of rotatable bonds is 4. The van der Waals surface area contributed by atoms with Gasteiger partial charge in [0.15, 0.2) is 0 Å². The van der Waals surface area contributed by atoms with Gasteiger partial charge >= 0.3 is 11.9 Å². The zero-order chi connectivity index (χ0) is 17.9. The van der Waals surface area contributed by atoms with E-state index in [9.17, 15) is 9.59 Å². The van der Waals surface area contributed by atoms with Crippen molar-refractivity contribution in [1.29, 1.82) is 0 Å². The van der Waals surface area contributed by atoms with Crippen molar-refractivity contribution >= 4 is 23.5 Å². The molecule has 0 spiro atoms. The first-order valence-corrected chi connectivity index (χ1v) is 7.88. The molecule has 1 aromatic rings. The van der Waals surface area contributed by atoms with Crippen LogP contribution < -0.4 is 0 Å². The first kappa shape index (κ1) is 18.1. The van der Waals surface area contributed by atoms with Crippen LogP contribution in [0.3, 0.4) is 0 Å². The van der Waals surface area contributed by atoms with Gasteiger partial charge in [0.05, 0.1) is 30.8 Å². The van der Waals surface area contributed by atoms with Gasteiger partial charge in [-0.15, -0.1) is 0 Å². The second-order valence-corrected chi connectivity index (χ2v) is 5.67. The number of esters is 2. The van der Waals surface area contributed by atoms with Crippen LogP contribution in [0.25, 0.3) is 0 Å². The molecule has 2 rings (SSSR count). The van der Waals surface area contributed by atoms with Crippen LogP contribution in [0.5, 0.6) is 0 Å². The zero-order valence-corrected chi connectivity index (χ0v) is 14.8. The van der Waals surface area contributed by atoms with Gasteiger partial charge in [-0.3, -0.25) is 0 Å². The van der Waals surface area contributed by atoms with Crippen molar-refractivity contribution in [3.63, 3.8) is 0 Å². The molecule has 1 aromatic carbocycles. The van der Waals surface area contributed by atoms with Gasteiger partial charge < -0.3 is 14.2 Å². The van der Waals surface area contributed by atoms with Gasteiger partial charge in [-0.25, -0.2) is 9.59 Å². The SMILES string of the molecule is CCOC(=O)C1=C(C)OC(C)=C(C(=O)OC)C1c1ccc(Cl)cc1. The third kappa shape index (κ3) is 3.46. The van der Waals surface area contributed by atoms with Crippen LogP contribution in [0.4, 0.5) is 0 Å². The monoisotopic (exact) mass is 350 g/mol. The lowest BCUT2D eigenvalue weighted by molar-refractivity contribution is -0.139. The molecule has 1 aliphatic heterocycles. The van der Waals surface area contributed by atoms with E-state index in [1.54, 1.807) is 45.0 Å². The second-order valence-electron chi connectivity index (χ2n) is 5.24. The van der Waals surface area contributed by atoms with E-state index in [0.717, 1.165) is 5.56 Å². The summed E-state index contributed by atoms with van der Waals surface area (Å²) < 4.78 is 15.6. The van der Waals surface area contributed by atoms with Crippen molar-refractivity contribution in [2.24, 2.45) is 0 Å². The van der Waals surface area contributed by atoms with Crippen LogP contribution in [-0.4, -0.2) is 25.7 Å². The summed E-state index contributed by atoms with van der Waals surface area (Å²) in [6.45, 7) is 5.28. The lowest BCUT2D eigenvalue weighted by Gasteiger charge is -2.29. The summed E-state index contributed by atoms with van der Waals surface area (Å²) in [5.41, 5.74) is 1.28. The van der Waals surface area contributed by atoms with Crippen molar-refractivity contribution in [3.05, 3.63) is 57.5 Å². The Balaban J connectivity index is 2.63. The van der Waals surface area contributed by atoms with Crippen LogP contribution in [0, 0.1) is 0 Å². The number of halogens is 1. The summed E-state index contributed by atoms with van der Waals surface area (Å²) in [6.07, 6.45) is 0. The number of benzene rings is 1. The Bertz CT molecular complexity index is 715. The number of hydrogen-bond acceptors (Lipinski definition) is 5. The number of methoxy groups -OCH3 is 1. The van der Waals surface area contributed by atoms with Gasteiger partial charge in [-0.05, 0) is 38.5 Å². The number of carbonyl (C=O) groups excluding carboxylic acids is 2. The molecule has 128 valence electrons. The van der Waals surface area contributed by atoms with E-state index in [4.69, 9.17) is 25.8 Å². The molecular formula is C18H19ClO5. The number of hydrogen-bond donors (Lipinski definition) is 0. The fraction of sp³-hybridized carbons (Fsp3) is 0.333. The van der Waals surface area contributed by atoms with Gasteiger partial charge in [0.2, 0.25) is 0 Å². The second kappa shape index (κ2) is 7.53. The van der Waals surface area contributed by atoms with Crippen LogP contribution >= 0.6 is 11.6 Å². The average molecular weight is 351 g/mol. The van der Waals surface area contributed by atoms with E-state index < -0.39 is 17.9 Å². The van der Waals surface area contributed by atoms with E-state index in [-0.39, 0.29) is 17.8 Å². The Morgan fingerprint density at radius 2 is 1.62 bits per heavy atom. The van der Waals surface area contributed by atoms with E-state index >= 15 is 0 Å². The fourth-order valence-corrected chi connectivity index (χ4v) is 2.85. The van der Waals surface area contributed by atoms with Crippen LogP contribution in [0.1, 0.15) is 32.3 Å². The highest BCUT2D eigenvalue weighted by atomic mass is 35.5. The molecule has 0 saturated carbocycles. The summed E-state index contributed by atoms with van der Waals surface area (Å²) in [5, 5.41) is 0.560. The van der Waals surface area contributed by atoms with Gasteiger partial charge in [-0.1, -0.05) is 23.7 Å². The van der Waals surface area contributed by atoms with Crippen molar-refractivity contribution in [1.82, 2.24) is 0 Å². The molecule has 1 unspecified atom stereocenters. The molecular weight excluding hydrogens is 332 g/mol. The highest BCUT2D eigenvalue weighted by Crippen LogP contribution is 2.41. The highest BCUT2D eigenvalue weighted by Gasteiger charge is 2.39. The third-order valence-electron chi connectivity index (χ3n) is 3.75. The molecule has 5 nitrogen and oxygen atoms in total. The Morgan fingerprint density at radius 1 is 1.08 bits per heavy atom. The molecule has 0 aromatic heterocycles. The van der Waals surface area contributed by atoms with Crippen LogP contribution in [-0.2, 0) is 23.8 Å². The van der Waals surface area contributed by atoms with E-state index in [2.05, 4.69) is 0 Å². The number of ether oxygens (including phenoxy) is 3. The summed E-state index contributed by atoms with van der Waals surface area (Å²) in [7, 11) is 1.29. The number of allylic oxidation sites excluding steroid dienone is 2. The van der Waals surface area contributed by atoms with Crippen molar-refractivity contribution in [2.45, 2.75) is 26.7 Å². The minimum Gasteiger partial charge on any atom is -0.466 e. The Labute approximate surface area is 145 Å². The predicted octanol–water partition coefficient (Wildman–Crippen LogP) is 3.74. The maximum atomic E-state index is 12.5. The normalized spacial score (nSPS) is 17.5. The molecule has 0 aliphatic carbocycles. The van der Waals surface area contributed by atoms with Gasteiger partial charge in [0.25, 0.3) is 0 Å². The molecule has 1 aliphatic rings. The minimum absolute atomic E-state index is 0.221. The van der Waals surface area contributed by atoms with E-state index in [1.165, 1.54) is 7.11 Å². The maximum absolute atomic E-state index is 12.5. The largest absolute Gasteiger partial charge is 0.466 e. The predicted molar refractivity (Wildman–Crippen MR) is 89.3 cm³/mol. The fourth-order valence-electron chi connectivity index (χ4n) is 2.72. The van der Waals surface area contributed by atoms with Crippen molar-refractivity contribution < 1.29 is 23.8 Å². The van der Waals surface area contributed by atoms with Gasteiger partial charge in [0, 0.05) is 5.02 Å². The van der Waals surface area contributed by atoms with Crippen LogP contribution in [0.2, 0.25) is 5.02 Å². The molecule has 0 fully saturated rings. The first-order valence-electron chi connectivity index (χ1n) is 7.51. The highest BCUT2D eigenvalue weighted by molar-refractivity contribution is 6.30. The molecule has 0 N–H and O–H groups in total. The Morgan fingerprint density at radius 3 is 2.12 bits per heavy atom. The summed E-state index contributed by atoms with van der Waals surface area (Å²) in [4.78, 5) is 24.8. The van der Waals surface area contributed by atoms with Crippen molar-refractivity contribution in [2.75, 3.05) is 13.7 Å². The molecule has 6 heteroatoms. The van der Waals surface area contributed by atoms with Crippen molar-refractivity contribution in [3.8, 4) is 0 Å². The van der Waals surface area contributed by atoms with Gasteiger partial charge in [-0.2, -0.15) is 0 Å². The van der Waals surface area contributed by atoms with Crippen LogP contribution in [0.15, 0.2) is 46.9 Å². The molecule has 24 heavy (non-hydrogen) atoms. The Kier molecular flexibility index (Phi) is 5.67. The lowest BCUT2D eigenvalue weighted by Crippen LogP contribution is -2.27.